The molecule has 1 aromatic rings. The van der Waals surface area contributed by atoms with Crippen LogP contribution in [0.4, 0.5) is 0 Å². The standard InChI is InChI=1S/C9H11ClN2O/c10-9-5-7(11-6-12-9)8-3-1-2-4-13-8/h5-6,8H,1-4H2. The Morgan fingerprint density at radius 3 is 3.00 bits per heavy atom. The van der Waals surface area contributed by atoms with Gasteiger partial charge in [-0.05, 0) is 25.3 Å². The zero-order chi connectivity index (χ0) is 9.10. The third-order valence-corrected chi connectivity index (χ3v) is 2.37. The lowest BCUT2D eigenvalue weighted by atomic mass is 10.1. The molecule has 4 heteroatoms. The third-order valence-electron chi connectivity index (χ3n) is 2.16. The van der Waals surface area contributed by atoms with Crippen molar-refractivity contribution in [1.29, 1.82) is 0 Å². The van der Waals surface area contributed by atoms with Crippen LogP contribution < -0.4 is 0 Å². The van der Waals surface area contributed by atoms with Crippen LogP contribution in [0.3, 0.4) is 0 Å². The van der Waals surface area contributed by atoms with Crippen LogP contribution in [0.2, 0.25) is 5.15 Å². The minimum atomic E-state index is 0.120. The summed E-state index contributed by atoms with van der Waals surface area (Å²) in [7, 11) is 0. The average Bonchev–Trinajstić information content (AvgIpc) is 2.19. The summed E-state index contributed by atoms with van der Waals surface area (Å²) in [6.45, 7) is 0.826. The first-order valence-corrected chi connectivity index (χ1v) is 4.83. The highest BCUT2D eigenvalue weighted by Gasteiger charge is 2.17. The third kappa shape index (κ3) is 2.17. The smallest absolute Gasteiger partial charge is 0.132 e. The summed E-state index contributed by atoms with van der Waals surface area (Å²) < 4.78 is 5.57. The van der Waals surface area contributed by atoms with E-state index in [0.717, 1.165) is 25.1 Å². The normalized spacial score (nSPS) is 23.0. The fraction of sp³-hybridized carbons (Fsp3) is 0.556. The van der Waals surface area contributed by atoms with E-state index in [9.17, 15) is 0 Å². The largest absolute Gasteiger partial charge is 0.372 e. The van der Waals surface area contributed by atoms with Gasteiger partial charge in [0, 0.05) is 6.61 Å². The summed E-state index contributed by atoms with van der Waals surface area (Å²) in [5.74, 6) is 0. The first kappa shape index (κ1) is 8.91. The van der Waals surface area contributed by atoms with Gasteiger partial charge in [0.25, 0.3) is 0 Å². The van der Waals surface area contributed by atoms with Crippen LogP contribution in [-0.2, 0) is 4.74 Å². The number of hydrogen-bond acceptors (Lipinski definition) is 3. The number of halogens is 1. The Balaban J connectivity index is 2.14. The van der Waals surface area contributed by atoms with E-state index in [4.69, 9.17) is 16.3 Å². The maximum absolute atomic E-state index is 5.76. The Morgan fingerprint density at radius 1 is 1.38 bits per heavy atom. The molecule has 0 spiro atoms. The molecule has 1 atom stereocenters. The van der Waals surface area contributed by atoms with Crippen LogP contribution in [-0.4, -0.2) is 16.6 Å². The van der Waals surface area contributed by atoms with E-state index in [1.165, 1.54) is 12.7 Å². The van der Waals surface area contributed by atoms with Gasteiger partial charge in [-0.25, -0.2) is 9.97 Å². The van der Waals surface area contributed by atoms with Gasteiger partial charge in [0.15, 0.2) is 0 Å². The molecule has 1 fully saturated rings. The second-order valence-corrected chi connectivity index (χ2v) is 3.51. The van der Waals surface area contributed by atoms with Crippen LogP contribution in [0.1, 0.15) is 31.1 Å². The molecule has 1 saturated heterocycles. The van der Waals surface area contributed by atoms with Gasteiger partial charge in [0.1, 0.15) is 11.5 Å². The summed E-state index contributed by atoms with van der Waals surface area (Å²) in [4.78, 5) is 7.98. The molecule has 1 aliphatic rings. The van der Waals surface area contributed by atoms with Gasteiger partial charge in [0.05, 0.1) is 11.8 Å². The highest BCUT2D eigenvalue weighted by atomic mass is 35.5. The van der Waals surface area contributed by atoms with E-state index in [1.807, 2.05) is 0 Å². The monoisotopic (exact) mass is 198 g/mol. The molecule has 2 rings (SSSR count). The Bertz CT molecular complexity index is 287. The fourth-order valence-corrected chi connectivity index (χ4v) is 1.65. The highest BCUT2D eigenvalue weighted by molar-refractivity contribution is 6.29. The van der Waals surface area contributed by atoms with Crippen LogP contribution in [0.25, 0.3) is 0 Å². The molecule has 1 unspecified atom stereocenters. The van der Waals surface area contributed by atoms with Crippen LogP contribution >= 0.6 is 11.6 Å². The van der Waals surface area contributed by atoms with Crippen molar-refractivity contribution < 1.29 is 4.74 Å². The van der Waals surface area contributed by atoms with Gasteiger partial charge in [-0.1, -0.05) is 11.6 Å². The number of hydrogen-bond donors (Lipinski definition) is 0. The molecule has 1 aliphatic heterocycles. The van der Waals surface area contributed by atoms with Gasteiger partial charge in [-0.2, -0.15) is 0 Å². The zero-order valence-electron chi connectivity index (χ0n) is 7.24. The van der Waals surface area contributed by atoms with E-state index in [-0.39, 0.29) is 6.10 Å². The van der Waals surface area contributed by atoms with E-state index in [1.54, 1.807) is 6.07 Å². The van der Waals surface area contributed by atoms with Crippen molar-refractivity contribution in [2.24, 2.45) is 0 Å². The van der Waals surface area contributed by atoms with Crippen LogP contribution in [0, 0.1) is 0 Å². The molecule has 3 nitrogen and oxygen atoms in total. The maximum atomic E-state index is 5.76. The predicted octanol–water partition coefficient (Wildman–Crippen LogP) is 2.37. The molecule has 0 bridgehead atoms. The molecule has 13 heavy (non-hydrogen) atoms. The molecule has 0 aromatic carbocycles. The summed E-state index contributed by atoms with van der Waals surface area (Å²) >= 11 is 5.76. The van der Waals surface area contributed by atoms with Crippen LogP contribution in [0.5, 0.6) is 0 Å². The molecular formula is C9H11ClN2O. The Morgan fingerprint density at radius 2 is 2.31 bits per heavy atom. The van der Waals surface area contributed by atoms with E-state index >= 15 is 0 Å². The number of ether oxygens (including phenoxy) is 1. The molecule has 2 heterocycles. The Labute approximate surface area is 82.1 Å². The van der Waals surface area contributed by atoms with E-state index in [2.05, 4.69) is 9.97 Å². The van der Waals surface area contributed by atoms with E-state index in [0.29, 0.717) is 5.15 Å². The summed E-state index contributed by atoms with van der Waals surface area (Å²) in [6.07, 6.45) is 4.99. The van der Waals surface area contributed by atoms with Gasteiger partial charge >= 0.3 is 0 Å². The van der Waals surface area contributed by atoms with E-state index < -0.39 is 0 Å². The van der Waals surface area contributed by atoms with Gasteiger partial charge < -0.3 is 4.74 Å². The first-order chi connectivity index (χ1) is 6.36. The SMILES string of the molecule is Clc1cc(C2CCCCO2)ncn1. The second-order valence-electron chi connectivity index (χ2n) is 3.12. The summed E-state index contributed by atoms with van der Waals surface area (Å²) in [6, 6.07) is 1.78. The first-order valence-electron chi connectivity index (χ1n) is 4.45. The Kier molecular flexibility index (Phi) is 2.76. The Hall–Kier alpha value is -0.670. The number of rotatable bonds is 1. The lowest BCUT2D eigenvalue weighted by molar-refractivity contribution is 0.0122. The van der Waals surface area contributed by atoms with Gasteiger partial charge in [0.2, 0.25) is 0 Å². The molecule has 1 aromatic heterocycles. The fourth-order valence-electron chi connectivity index (χ4n) is 1.50. The highest BCUT2D eigenvalue weighted by Crippen LogP contribution is 2.26. The maximum Gasteiger partial charge on any atom is 0.132 e. The molecule has 0 N–H and O–H groups in total. The van der Waals surface area contributed by atoms with Crippen molar-refractivity contribution in [1.82, 2.24) is 9.97 Å². The number of nitrogens with zero attached hydrogens (tertiary/aromatic N) is 2. The molecule has 0 saturated carbocycles. The van der Waals surface area contributed by atoms with Crippen molar-refractivity contribution in [2.75, 3.05) is 6.61 Å². The lowest BCUT2D eigenvalue weighted by Crippen LogP contribution is -2.12. The van der Waals surface area contributed by atoms with Gasteiger partial charge in [-0.3, -0.25) is 0 Å². The second kappa shape index (κ2) is 4.03. The molecule has 0 aliphatic carbocycles. The van der Waals surface area contributed by atoms with Crippen molar-refractivity contribution >= 4 is 11.6 Å². The number of aromatic nitrogens is 2. The quantitative estimate of drug-likeness (QED) is 0.650. The zero-order valence-corrected chi connectivity index (χ0v) is 8.00. The van der Waals surface area contributed by atoms with Crippen molar-refractivity contribution in [3.05, 3.63) is 23.2 Å². The average molecular weight is 199 g/mol. The molecular weight excluding hydrogens is 188 g/mol. The summed E-state index contributed by atoms with van der Waals surface area (Å²) in [5.41, 5.74) is 0.903. The minimum absolute atomic E-state index is 0.120. The predicted molar refractivity (Wildman–Crippen MR) is 49.6 cm³/mol. The topological polar surface area (TPSA) is 35.0 Å². The van der Waals surface area contributed by atoms with Crippen molar-refractivity contribution in [3.63, 3.8) is 0 Å². The van der Waals surface area contributed by atoms with Crippen molar-refractivity contribution in [2.45, 2.75) is 25.4 Å². The molecule has 70 valence electrons. The van der Waals surface area contributed by atoms with Crippen molar-refractivity contribution in [3.8, 4) is 0 Å². The van der Waals surface area contributed by atoms with Crippen LogP contribution in [0.15, 0.2) is 12.4 Å². The molecule has 0 radical (unpaired) electrons. The van der Waals surface area contributed by atoms with Gasteiger partial charge in [-0.15, -0.1) is 0 Å². The lowest BCUT2D eigenvalue weighted by Gasteiger charge is -2.21. The summed E-state index contributed by atoms with van der Waals surface area (Å²) in [5, 5.41) is 0.485. The minimum Gasteiger partial charge on any atom is -0.372 e. The molecule has 0 amide bonds.